The second-order valence-electron chi connectivity index (χ2n) is 11.5. The molecule has 0 aliphatic carbocycles. The molecular formula is C39H28N4O3. The predicted molar refractivity (Wildman–Crippen MR) is 184 cm³/mol. The van der Waals surface area contributed by atoms with Crippen molar-refractivity contribution in [3.05, 3.63) is 140 Å². The lowest BCUT2D eigenvalue weighted by molar-refractivity contribution is 0.480. The van der Waals surface area contributed by atoms with E-state index in [0.717, 1.165) is 62.3 Å². The van der Waals surface area contributed by atoms with Gasteiger partial charge in [-0.2, -0.15) is 0 Å². The maximum atomic E-state index is 7.03. The fraction of sp³-hybridized carbons (Fsp3) is 0.0513. The first-order valence-electron chi connectivity index (χ1n) is 15.2. The number of hydrogen-bond acceptors (Lipinski definition) is 7. The standard InChI is InChI=1S/C39H28N4O3/c1-41-19-20-42(25-41)27-21-31-29-13-5-7-15-32(29)46-39(31)36(22-27)45-35-24-28(23-34-38(35)30-14-6-8-16-33(30)44-34)43(26-11-3-2-4-12-26)37-17-9-10-18-40-37/h2-24H,25H2,1H3. The molecule has 0 unspecified atom stereocenters. The fourth-order valence-corrected chi connectivity index (χ4v) is 6.33. The van der Waals surface area contributed by atoms with Crippen molar-refractivity contribution in [2.75, 3.05) is 23.5 Å². The summed E-state index contributed by atoms with van der Waals surface area (Å²) in [5.74, 6) is 2.06. The summed E-state index contributed by atoms with van der Waals surface area (Å²) in [6.07, 6.45) is 5.95. The quantitative estimate of drug-likeness (QED) is 0.188. The topological polar surface area (TPSA) is 58.1 Å². The lowest BCUT2D eigenvalue weighted by Gasteiger charge is -2.25. The monoisotopic (exact) mass is 600 g/mol. The first kappa shape index (κ1) is 26.2. The molecule has 0 saturated carbocycles. The molecule has 0 radical (unpaired) electrons. The summed E-state index contributed by atoms with van der Waals surface area (Å²) in [4.78, 5) is 11.2. The minimum atomic E-state index is 0.625. The highest BCUT2D eigenvalue weighted by Gasteiger charge is 2.23. The zero-order valence-electron chi connectivity index (χ0n) is 25.0. The van der Waals surface area contributed by atoms with Crippen LogP contribution in [-0.2, 0) is 0 Å². The Hall–Kier alpha value is -6.21. The predicted octanol–water partition coefficient (Wildman–Crippen LogP) is 10.3. The van der Waals surface area contributed by atoms with E-state index in [0.29, 0.717) is 22.7 Å². The molecule has 9 rings (SSSR count). The highest BCUT2D eigenvalue weighted by atomic mass is 16.5. The molecule has 1 aliphatic rings. The molecule has 0 bridgehead atoms. The van der Waals surface area contributed by atoms with Crippen LogP contribution in [-0.4, -0.2) is 23.6 Å². The van der Waals surface area contributed by atoms with E-state index < -0.39 is 0 Å². The molecule has 8 aromatic rings. The Labute approximate surface area is 264 Å². The van der Waals surface area contributed by atoms with Crippen molar-refractivity contribution in [1.82, 2.24) is 9.88 Å². The van der Waals surface area contributed by atoms with Gasteiger partial charge in [-0.3, -0.25) is 4.90 Å². The number of fused-ring (bicyclic) bond motifs is 6. The third kappa shape index (κ3) is 4.32. The average Bonchev–Trinajstić information content (AvgIpc) is 3.81. The van der Waals surface area contributed by atoms with Crippen LogP contribution in [0, 0.1) is 0 Å². The summed E-state index contributed by atoms with van der Waals surface area (Å²) in [6, 6.07) is 40.6. The lowest BCUT2D eigenvalue weighted by Crippen LogP contribution is -2.21. The van der Waals surface area contributed by atoms with Crippen LogP contribution in [0.3, 0.4) is 0 Å². The highest BCUT2D eigenvalue weighted by Crippen LogP contribution is 2.46. The maximum Gasteiger partial charge on any atom is 0.178 e. The molecule has 46 heavy (non-hydrogen) atoms. The van der Waals surface area contributed by atoms with Crippen LogP contribution in [0.15, 0.2) is 149 Å². The molecule has 3 aromatic heterocycles. The molecule has 5 aromatic carbocycles. The maximum absolute atomic E-state index is 7.03. The van der Waals surface area contributed by atoms with E-state index >= 15 is 0 Å². The Morgan fingerprint density at radius 2 is 1.41 bits per heavy atom. The van der Waals surface area contributed by atoms with Crippen LogP contribution in [0.4, 0.5) is 22.9 Å². The number of pyridine rings is 1. The van der Waals surface area contributed by atoms with Crippen LogP contribution in [0.1, 0.15) is 0 Å². The molecule has 0 spiro atoms. The summed E-state index contributed by atoms with van der Waals surface area (Å²) < 4.78 is 20.0. The molecule has 222 valence electrons. The number of para-hydroxylation sites is 3. The minimum absolute atomic E-state index is 0.625. The minimum Gasteiger partial charge on any atom is -0.456 e. The molecule has 0 saturated heterocycles. The summed E-state index contributed by atoms with van der Waals surface area (Å²) in [6.45, 7) is 0.739. The van der Waals surface area contributed by atoms with Gasteiger partial charge in [0.15, 0.2) is 11.3 Å². The highest BCUT2D eigenvalue weighted by molar-refractivity contribution is 6.11. The van der Waals surface area contributed by atoms with Crippen molar-refractivity contribution < 1.29 is 13.6 Å². The number of ether oxygens (including phenoxy) is 1. The van der Waals surface area contributed by atoms with Crippen LogP contribution in [0.5, 0.6) is 11.5 Å². The number of anilines is 4. The molecular weight excluding hydrogens is 572 g/mol. The number of aromatic nitrogens is 1. The van der Waals surface area contributed by atoms with Gasteiger partial charge in [0.05, 0.1) is 17.7 Å². The lowest BCUT2D eigenvalue weighted by atomic mass is 10.1. The van der Waals surface area contributed by atoms with Crippen molar-refractivity contribution >= 4 is 66.8 Å². The zero-order chi connectivity index (χ0) is 30.6. The van der Waals surface area contributed by atoms with Gasteiger partial charge in [0, 0.05) is 71.4 Å². The van der Waals surface area contributed by atoms with E-state index in [1.807, 2.05) is 72.8 Å². The second kappa shape index (κ2) is 10.5. The summed E-state index contributed by atoms with van der Waals surface area (Å²) >= 11 is 0. The van der Waals surface area contributed by atoms with Crippen LogP contribution in [0.25, 0.3) is 43.9 Å². The number of nitrogens with zero attached hydrogens (tertiary/aromatic N) is 4. The van der Waals surface area contributed by atoms with Crippen LogP contribution < -0.4 is 14.5 Å². The molecule has 7 heteroatoms. The van der Waals surface area contributed by atoms with Gasteiger partial charge in [0.25, 0.3) is 0 Å². The molecule has 0 amide bonds. The van der Waals surface area contributed by atoms with Gasteiger partial charge in [0.1, 0.15) is 28.3 Å². The SMILES string of the molecule is CN1C=CN(c2cc(Oc3cc(N(c4ccccc4)c4ccccn4)cc4oc5ccccc5c34)c3oc4ccccc4c3c2)C1. The van der Waals surface area contributed by atoms with Crippen molar-refractivity contribution in [3.63, 3.8) is 0 Å². The first-order chi connectivity index (χ1) is 22.7. The zero-order valence-corrected chi connectivity index (χ0v) is 25.0. The van der Waals surface area contributed by atoms with Crippen molar-refractivity contribution in [1.29, 1.82) is 0 Å². The van der Waals surface area contributed by atoms with E-state index in [4.69, 9.17) is 18.6 Å². The van der Waals surface area contributed by atoms with E-state index in [1.54, 1.807) is 6.20 Å². The van der Waals surface area contributed by atoms with Gasteiger partial charge in [-0.05, 0) is 42.5 Å². The summed E-state index contributed by atoms with van der Waals surface area (Å²) in [5, 5.41) is 3.90. The molecule has 0 N–H and O–H groups in total. The third-order valence-electron chi connectivity index (χ3n) is 8.43. The normalized spacial score (nSPS) is 13.1. The van der Waals surface area contributed by atoms with Gasteiger partial charge in [-0.15, -0.1) is 0 Å². The molecule has 1 aliphatic heterocycles. The van der Waals surface area contributed by atoms with Gasteiger partial charge < -0.3 is 23.4 Å². The van der Waals surface area contributed by atoms with Gasteiger partial charge in [-0.1, -0.05) is 60.7 Å². The second-order valence-corrected chi connectivity index (χ2v) is 11.5. The third-order valence-corrected chi connectivity index (χ3v) is 8.43. The average molecular weight is 601 g/mol. The van der Waals surface area contributed by atoms with Crippen molar-refractivity contribution in [2.24, 2.45) is 0 Å². The van der Waals surface area contributed by atoms with Crippen LogP contribution >= 0.6 is 0 Å². The van der Waals surface area contributed by atoms with Crippen molar-refractivity contribution in [3.8, 4) is 11.5 Å². The van der Waals surface area contributed by atoms with Gasteiger partial charge >= 0.3 is 0 Å². The van der Waals surface area contributed by atoms with E-state index in [-0.39, 0.29) is 0 Å². The van der Waals surface area contributed by atoms with Gasteiger partial charge in [-0.25, -0.2) is 4.98 Å². The Morgan fingerprint density at radius 1 is 0.652 bits per heavy atom. The Bertz CT molecular complexity index is 2370. The number of furan rings is 2. The number of rotatable bonds is 6. The van der Waals surface area contributed by atoms with Gasteiger partial charge in [0.2, 0.25) is 0 Å². The Morgan fingerprint density at radius 3 is 2.20 bits per heavy atom. The molecule has 7 nitrogen and oxygen atoms in total. The molecule has 0 fully saturated rings. The van der Waals surface area contributed by atoms with Crippen molar-refractivity contribution in [2.45, 2.75) is 0 Å². The Balaban J connectivity index is 1.29. The largest absolute Gasteiger partial charge is 0.456 e. The van der Waals surface area contributed by atoms with E-state index in [2.05, 4.69) is 82.7 Å². The summed E-state index contributed by atoms with van der Waals surface area (Å²) in [7, 11) is 2.06. The fourth-order valence-electron chi connectivity index (χ4n) is 6.33. The van der Waals surface area contributed by atoms with E-state index in [9.17, 15) is 0 Å². The first-order valence-corrected chi connectivity index (χ1v) is 15.2. The van der Waals surface area contributed by atoms with E-state index in [1.165, 1.54) is 0 Å². The molecule has 0 atom stereocenters. The number of benzene rings is 5. The van der Waals surface area contributed by atoms with Crippen LogP contribution in [0.2, 0.25) is 0 Å². The smallest absolute Gasteiger partial charge is 0.178 e. The Kier molecular flexibility index (Phi) is 5.96. The molecule has 4 heterocycles. The number of hydrogen-bond donors (Lipinski definition) is 0. The summed E-state index contributed by atoms with van der Waals surface area (Å²) in [5.41, 5.74) is 5.84.